The van der Waals surface area contributed by atoms with Crippen LogP contribution in [0.15, 0.2) is 46.0 Å². The third kappa shape index (κ3) is 3.83. The zero-order valence-corrected chi connectivity index (χ0v) is 15.5. The number of aliphatic imine (C=N–C) groups is 1. The van der Waals surface area contributed by atoms with Crippen LogP contribution in [0.1, 0.15) is 63.3 Å². The first-order valence-corrected chi connectivity index (χ1v) is 8.50. The van der Waals surface area contributed by atoms with E-state index in [0.717, 1.165) is 21.7 Å². The highest BCUT2D eigenvalue weighted by Crippen LogP contribution is 2.35. The Morgan fingerprint density at radius 1 is 0.955 bits per heavy atom. The molecule has 1 heterocycles. The summed E-state index contributed by atoms with van der Waals surface area (Å²) in [4.78, 5) is 9.45. The Hall–Kier alpha value is -1.48. The van der Waals surface area contributed by atoms with Crippen molar-refractivity contribution in [1.82, 2.24) is 4.98 Å². The molecule has 3 heteroatoms. The molecule has 0 bridgehead atoms. The molecule has 0 saturated heterocycles. The van der Waals surface area contributed by atoms with E-state index < -0.39 is 0 Å². The number of rotatable bonds is 4. The molecule has 0 saturated carbocycles. The Labute approximate surface area is 141 Å². The topological polar surface area (TPSA) is 25.2 Å². The second kappa shape index (κ2) is 7.19. The van der Waals surface area contributed by atoms with Crippen molar-refractivity contribution < 1.29 is 0 Å². The Morgan fingerprint density at radius 2 is 1.50 bits per heavy atom. The van der Waals surface area contributed by atoms with Crippen molar-refractivity contribution in [2.24, 2.45) is 4.99 Å². The van der Waals surface area contributed by atoms with E-state index in [1.165, 1.54) is 11.1 Å². The molecule has 0 unspecified atom stereocenters. The molecule has 2 nitrogen and oxygen atoms in total. The standard InChI is InChI=1S/C19H23BrN2/c1-12(2)15-8-6-9-16(13(3)4)19(15)21-14(5)17-10-7-11-18(20)22-17/h6-13H,1-5H3. The number of hydrogen-bond donors (Lipinski definition) is 0. The Balaban J connectivity index is 2.58. The lowest BCUT2D eigenvalue weighted by Crippen LogP contribution is -2.01. The lowest BCUT2D eigenvalue weighted by Gasteiger charge is -2.17. The summed E-state index contributed by atoms with van der Waals surface area (Å²) in [5, 5.41) is 0. The van der Waals surface area contributed by atoms with Crippen molar-refractivity contribution in [2.75, 3.05) is 0 Å². The number of halogens is 1. The summed E-state index contributed by atoms with van der Waals surface area (Å²) in [6, 6.07) is 12.4. The minimum Gasteiger partial charge on any atom is -0.251 e. The fourth-order valence-corrected chi connectivity index (χ4v) is 2.82. The lowest BCUT2D eigenvalue weighted by molar-refractivity contribution is 0.834. The van der Waals surface area contributed by atoms with E-state index in [-0.39, 0.29) is 0 Å². The molecule has 2 aromatic rings. The van der Waals surface area contributed by atoms with Gasteiger partial charge in [-0.2, -0.15) is 0 Å². The Kier molecular flexibility index (Phi) is 5.52. The first kappa shape index (κ1) is 16.9. The molecule has 0 radical (unpaired) electrons. The zero-order chi connectivity index (χ0) is 16.3. The Bertz CT molecular complexity index is 661. The van der Waals surface area contributed by atoms with Crippen LogP contribution >= 0.6 is 15.9 Å². The van der Waals surface area contributed by atoms with Crippen LogP contribution in [0.3, 0.4) is 0 Å². The van der Waals surface area contributed by atoms with Gasteiger partial charge in [0, 0.05) is 0 Å². The smallest absolute Gasteiger partial charge is 0.106 e. The Morgan fingerprint density at radius 3 is 2.00 bits per heavy atom. The number of benzene rings is 1. The van der Waals surface area contributed by atoms with Gasteiger partial charge in [0.05, 0.1) is 17.1 Å². The monoisotopic (exact) mass is 358 g/mol. The predicted molar refractivity (Wildman–Crippen MR) is 98.4 cm³/mol. The fraction of sp³-hybridized carbons (Fsp3) is 0.368. The van der Waals surface area contributed by atoms with Crippen LogP contribution in [0.4, 0.5) is 5.69 Å². The SMILES string of the molecule is CC(=Nc1c(C(C)C)cccc1C(C)C)c1cccc(Br)n1. The van der Waals surface area contributed by atoms with Crippen LogP contribution in [-0.4, -0.2) is 10.7 Å². The maximum atomic E-state index is 4.95. The highest BCUT2D eigenvalue weighted by molar-refractivity contribution is 9.10. The summed E-state index contributed by atoms with van der Waals surface area (Å²) in [5.74, 6) is 0.890. The van der Waals surface area contributed by atoms with E-state index >= 15 is 0 Å². The molecule has 2 rings (SSSR count). The second-order valence-corrected chi connectivity index (χ2v) is 6.95. The highest BCUT2D eigenvalue weighted by atomic mass is 79.9. The van der Waals surface area contributed by atoms with E-state index in [1.54, 1.807) is 0 Å². The summed E-state index contributed by atoms with van der Waals surface area (Å²) in [5.41, 5.74) is 5.53. The molecule has 0 aliphatic carbocycles. The minimum atomic E-state index is 0.445. The van der Waals surface area contributed by atoms with Crippen molar-refractivity contribution in [1.29, 1.82) is 0 Å². The number of aromatic nitrogens is 1. The van der Waals surface area contributed by atoms with Gasteiger partial charge in [-0.05, 0) is 57.9 Å². The summed E-state index contributed by atoms with van der Waals surface area (Å²) < 4.78 is 0.834. The fourth-order valence-electron chi connectivity index (χ4n) is 2.48. The second-order valence-electron chi connectivity index (χ2n) is 6.14. The van der Waals surface area contributed by atoms with Crippen LogP contribution in [0, 0.1) is 0 Å². The summed E-state index contributed by atoms with van der Waals surface area (Å²) in [7, 11) is 0. The number of nitrogens with zero attached hydrogens (tertiary/aromatic N) is 2. The molecule has 0 amide bonds. The van der Waals surface area contributed by atoms with Crippen molar-refractivity contribution in [2.45, 2.75) is 46.5 Å². The van der Waals surface area contributed by atoms with E-state index in [2.05, 4.69) is 66.8 Å². The first-order valence-electron chi connectivity index (χ1n) is 7.71. The molecule has 0 fully saturated rings. The zero-order valence-electron chi connectivity index (χ0n) is 13.9. The molecule has 22 heavy (non-hydrogen) atoms. The van der Waals surface area contributed by atoms with E-state index in [4.69, 9.17) is 4.99 Å². The van der Waals surface area contributed by atoms with Gasteiger partial charge in [-0.1, -0.05) is 52.0 Å². The van der Waals surface area contributed by atoms with Crippen molar-refractivity contribution >= 4 is 27.3 Å². The lowest BCUT2D eigenvalue weighted by atomic mass is 9.93. The van der Waals surface area contributed by atoms with Gasteiger partial charge in [-0.3, -0.25) is 4.99 Å². The summed E-state index contributed by atoms with van der Waals surface area (Å²) >= 11 is 3.43. The minimum absolute atomic E-state index is 0.445. The molecular formula is C19H23BrN2. The quantitative estimate of drug-likeness (QED) is 0.469. The molecule has 116 valence electrons. The van der Waals surface area contributed by atoms with Gasteiger partial charge in [-0.15, -0.1) is 0 Å². The molecule has 1 aromatic heterocycles. The normalized spacial score (nSPS) is 12.3. The van der Waals surface area contributed by atoms with Crippen LogP contribution in [0.25, 0.3) is 0 Å². The van der Waals surface area contributed by atoms with Gasteiger partial charge in [0.1, 0.15) is 4.60 Å². The van der Waals surface area contributed by atoms with Crippen LogP contribution in [0.2, 0.25) is 0 Å². The third-order valence-electron chi connectivity index (χ3n) is 3.71. The third-order valence-corrected chi connectivity index (χ3v) is 4.15. The number of para-hydroxylation sites is 1. The van der Waals surface area contributed by atoms with Crippen molar-refractivity contribution in [3.63, 3.8) is 0 Å². The molecule has 0 spiro atoms. The van der Waals surface area contributed by atoms with Gasteiger partial charge < -0.3 is 0 Å². The van der Waals surface area contributed by atoms with Crippen molar-refractivity contribution in [3.05, 3.63) is 57.8 Å². The van der Waals surface area contributed by atoms with Crippen LogP contribution in [0.5, 0.6) is 0 Å². The first-order chi connectivity index (χ1) is 10.4. The molecule has 0 aliphatic rings. The molecule has 0 N–H and O–H groups in total. The van der Waals surface area contributed by atoms with Crippen LogP contribution in [-0.2, 0) is 0 Å². The number of pyridine rings is 1. The highest BCUT2D eigenvalue weighted by Gasteiger charge is 2.14. The molecule has 0 atom stereocenters. The molecule has 0 aliphatic heterocycles. The predicted octanol–water partition coefficient (Wildman–Crippen LogP) is 6.23. The van der Waals surface area contributed by atoms with E-state index in [9.17, 15) is 0 Å². The average molecular weight is 359 g/mol. The van der Waals surface area contributed by atoms with Gasteiger partial charge in [0.2, 0.25) is 0 Å². The largest absolute Gasteiger partial charge is 0.251 e. The van der Waals surface area contributed by atoms with Gasteiger partial charge in [0.15, 0.2) is 0 Å². The van der Waals surface area contributed by atoms with Gasteiger partial charge >= 0.3 is 0 Å². The van der Waals surface area contributed by atoms with Crippen LogP contribution < -0.4 is 0 Å². The average Bonchev–Trinajstić information content (AvgIpc) is 2.46. The summed E-state index contributed by atoms with van der Waals surface area (Å²) in [6.07, 6.45) is 0. The summed E-state index contributed by atoms with van der Waals surface area (Å²) in [6.45, 7) is 10.9. The number of hydrogen-bond acceptors (Lipinski definition) is 2. The van der Waals surface area contributed by atoms with E-state index in [0.29, 0.717) is 11.8 Å². The van der Waals surface area contributed by atoms with Crippen molar-refractivity contribution in [3.8, 4) is 0 Å². The molecule has 1 aromatic carbocycles. The maximum absolute atomic E-state index is 4.95. The molecular weight excluding hydrogens is 336 g/mol. The van der Waals surface area contributed by atoms with E-state index in [1.807, 2.05) is 25.1 Å². The maximum Gasteiger partial charge on any atom is 0.106 e. The van der Waals surface area contributed by atoms with Gasteiger partial charge in [-0.25, -0.2) is 4.98 Å². The van der Waals surface area contributed by atoms with Gasteiger partial charge in [0.25, 0.3) is 0 Å².